The van der Waals surface area contributed by atoms with Gasteiger partial charge in [0.15, 0.2) is 0 Å². The highest BCUT2D eigenvalue weighted by Gasteiger charge is 2.30. The molecule has 1 heterocycles. The Morgan fingerprint density at radius 2 is 1.69 bits per heavy atom. The van der Waals surface area contributed by atoms with E-state index in [0.717, 1.165) is 16.9 Å². The first kappa shape index (κ1) is 23.9. The van der Waals surface area contributed by atoms with Crippen molar-refractivity contribution < 1.29 is 19.1 Å². The number of amides is 2. The number of thiophene rings is 1. The number of hydrogen-bond acceptors (Lipinski definition) is 5. The maximum Gasteiger partial charge on any atom is 0.262 e. The molecule has 0 bridgehead atoms. The van der Waals surface area contributed by atoms with Crippen molar-refractivity contribution in [1.29, 1.82) is 0 Å². The third-order valence-electron chi connectivity index (χ3n) is 4.53. The molecule has 3 aromatic rings. The third-order valence-corrected chi connectivity index (χ3v) is 6.06. The molecule has 0 spiro atoms. The van der Waals surface area contributed by atoms with Gasteiger partial charge in [-0.15, -0.1) is 11.3 Å². The second-order valence-electron chi connectivity index (χ2n) is 7.41. The largest absolute Gasteiger partial charge is 0.497 e. The van der Waals surface area contributed by atoms with E-state index in [0.29, 0.717) is 38.0 Å². The van der Waals surface area contributed by atoms with Crippen LogP contribution in [-0.4, -0.2) is 24.5 Å². The van der Waals surface area contributed by atoms with Gasteiger partial charge >= 0.3 is 0 Å². The zero-order valence-electron chi connectivity index (χ0n) is 17.7. The maximum atomic E-state index is 12.6. The highest BCUT2D eigenvalue weighted by molar-refractivity contribution is 7.18. The minimum Gasteiger partial charge on any atom is -0.497 e. The van der Waals surface area contributed by atoms with Crippen molar-refractivity contribution in [3.63, 3.8) is 0 Å². The number of methoxy groups -OCH3 is 1. The molecule has 0 aliphatic heterocycles. The van der Waals surface area contributed by atoms with Gasteiger partial charge in [0.05, 0.1) is 21.3 Å². The molecule has 168 valence electrons. The van der Waals surface area contributed by atoms with Crippen LogP contribution in [-0.2, 0) is 11.3 Å². The number of hydrogen-bond donors (Lipinski definition) is 2. The summed E-state index contributed by atoms with van der Waals surface area (Å²) >= 11 is 13.2. The molecule has 0 radical (unpaired) electrons. The minimum absolute atomic E-state index is 0.298. The first-order valence-corrected chi connectivity index (χ1v) is 11.2. The number of ether oxygens (including phenoxy) is 2. The van der Waals surface area contributed by atoms with E-state index in [-0.39, 0.29) is 11.8 Å². The number of carbonyl (C=O) groups is 2. The molecule has 2 aromatic carbocycles. The lowest BCUT2D eigenvalue weighted by Gasteiger charge is -2.25. The Balaban J connectivity index is 1.55. The predicted octanol–water partition coefficient (Wildman–Crippen LogP) is 5.68. The van der Waals surface area contributed by atoms with Crippen LogP contribution in [0.2, 0.25) is 9.36 Å². The van der Waals surface area contributed by atoms with Gasteiger partial charge in [0.2, 0.25) is 5.91 Å². The Hall–Kier alpha value is -2.74. The van der Waals surface area contributed by atoms with Crippen LogP contribution in [0.15, 0.2) is 54.6 Å². The summed E-state index contributed by atoms with van der Waals surface area (Å²) in [5, 5.41) is 6.01. The van der Waals surface area contributed by atoms with Crippen molar-refractivity contribution in [3.8, 4) is 17.2 Å². The molecule has 2 amide bonds. The molecule has 0 saturated carbocycles. The normalized spacial score (nSPS) is 11.0. The van der Waals surface area contributed by atoms with E-state index in [1.54, 1.807) is 63.4 Å². The second kappa shape index (κ2) is 10.3. The van der Waals surface area contributed by atoms with E-state index < -0.39 is 5.54 Å². The Labute approximate surface area is 200 Å². The Bertz CT molecular complexity index is 1110. The van der Waals surface area contributed by atoms with Crippen molar-refractivity contribution in [3.05, 3.63) is 74.4 Å². The Kier molecular flexibility index (Phi) is 7.66. The molecule has 0 aliphatic rings. The quantitative estimate of drug-likeness (QED) is 0.423. The fraction of sp³-hybridized carbons (Fsp3) is 0.217. The van der Waals surface area contributed by atoms with E-state index in [1.165, 1.54) is 0 Å². The molecule has 0 fully saturated rings. The summed E-state index contributed by atoms with van der Waals surface area (Å²) in [7, 11) is 1.57. The SMILES string of the molecule is COc1ccc(Oc2ccc(CNC(=O)C(C)(C)NC(=O)c3ccc(Cl)s3)cc2)c(Cl)c1. The zero-order valence-corrected chi connectivity index (χ0v) is 20.0. The zero-order chi connectivity index (χ0) is 23.3. The lowest BCUT2D eigenvalue weighted by molar-refractivity contribution is -0.126. The third kappa shape index (κ3) is 6.16. The van der Waals surface area contributed by atoms with Crippen LogP contribution in [0, 0.1) is 0 Å². The highest BCUT2D eigenvalue weighted by atomic mass is 35.5. The lowest BCUT2D eigenvalue weighted by Crippen LogP contribution is -2.54. The highest BCUT2D eigenvalue weighted by Crippen LogP contribution is 2.32. The number of carbonyl (C=O) groups excluding carboxylic acids is 2. The van der Waals surface area contributed by atoms with E-state index in [9.17, 15) is 9.59 Å². The predicted molar refractivity (Wildman–Crippen MR) is 127 cm³/mol. The lowest BCUT2D eigenvalue weighted by atomic mass is 10.0. The Morgan fingerprint density at radius 1 is 1.00 bits per heavy atom. The fourth-order valence-electron chi connectivity index (χ4n) is 2.74. The second-order valence-corrected chi connectivity index (χ2v) is 9.53. The van der Waals surface area contributed by atoms with E-state index in [4.69, 9.17) is 32.7 Å². The van der Waals surface area contributed by atoms with Gasteiger partial charge in [-0.2, -0.15) is 0 Å². The van der Waals surface area contributed by atoms with Gasteiger partial charge in [-0.25, -0.2) is 0 Å². The first-order valence-electron chi connectivity index (χ1n) is 9.64. The van der Waals surface area contributed by atoms with Gasteiger partial charge in [0.25, 0.3) is 5.91 Å². The van der Waals surface area contributed by atoms with Gasteiger partial charge in [0.1, 0.15) is 22.8 Å². The number of benzene rings is 2. The molecular formula is C23H22Cl2N2O4S. The van der Waals surface area contributed by atoms with E-state index in [1.807, 2.05) is 12.1 Å². The molecule has 32 heavy (non-hydrogen) atoms. The summed E-state index contributed by atoms with van der Waals surface area (Å²) in [5.41, 5.74) is -0.222. The van der Waals surface area contributed by atoms with Crippen molar-refractivity contribution in [2.45, 2.75) is 25.9 Å². The molecule has 2 N–H and O–H groups in total. The molecule has 9 heteroatoms. The van der Waals surface area contributed by atoms with Gasteiger partial charge in [0, 0.05) is 12.6 Å². The molecular weight excluding hydrogens is 471 g/mol. The fourth-order valence-corrected chi connectivity index (χ4v) is 3.88. The van der Waals surface area contributed by atoms with Gasteiger partial charge in [-0.1, -0.05) is 35.3 Å². The van der Waals surface area contributed by atoms with E-state index in [2.05, 4.69) is 10.6 Å². The summed E-state index contributed by atoms with van der Waals surface area (Å²) in [5.74, 6) is 1.11. The van der Waals surface area contributed by atoms with Crippen LogP contribution in [0.4, 0.5) is 0 Å². The molecule has 0 atom stereocenters. The van der Waals surface area contributed by atoms with Crippen LogP contribution >= 0.6 is 34.5 Å². The smallest absolute Gasteiger partial charge is 0.262 e. The monoisotopic (exact) mass is 492 g/mol. The molecule has 0 saturated heterocycles. The number of nitrogens with one attached hydrogen (secondary N) is 2. The Morgan fingerprint density at radius 3 is 2.28 bits per heavy atom. The average Bonchev–Trinajstić information content (AvgIpc) is 3.20. The van der Waals surface area contributed by atoms with Gasteiger partial charge < -0.3 is 20.1 Å². The van der Waals surface area contributed by atoms with Crippen molar-refractivity contribution >= 4 is 46.4 Å². The van der Waals surface area contributed by atoms with Crippen LogP contribution in [0.25, 0.3) is 0 Å². The van der Waals surface area contributed by atoms with E-state index >= 15 is 0 Å². The molecule has 0 aliphatic carbocycles. The van der Waals surface area contributed by atoms with Crippen LogP contribution in [0.3, 0.4) is 0 Å². The minimum atomic E-state index is -1.10. The average molecular weight is 493 g/mol. The molecule has 6 nitrogen and oxygen atoms in total. The van der Waals surface area contributed by atoms with Gasteiger partial charge in [-0.05, 0) is 55.8 Å². The van der Waals surface area contributed by atoms with Crippen LogP contribution in [0.5, 0.6) is 17.2 Å². The topological polar surface area (TPSA) is 76.7 Å². The molecule has 0 unspecified atom stereocenters. The van der Waals surface area contributed by atoms with Crippen molar-refractivity contribution in [2.24, 2.45) is 0 Å². The summed E-state index contributed by atoms with van der Waals surface area (Å²) in [6, 6.07) is 15.7. The van der Waals surface area contributed by atoms with Crippen LogP contribution < -0.4 is 20.1 Å². The number of halogens is 2. The first-order chi connectivity index (χ1) is 15.2. The van der Waals surface area contributed by atoms with Crippen molar-refractivity contribution in [2.75, 3.05) is 7.11 Å². The number of rotatable bonds is 8. The summed E-state index contributed by atoms with van der Waals surface area (Å²) in [4.78, 5) is 25.4. The molecule has 1 aromatic heterocycles. The van der Waals surface area contributed by atoms with Crippen LogP contribution in [0.1, 0.15) is 29.1 Å². The maximum absolute atomic E-state index is 12.6. The summed E-state index contributed by atoms with van der Waals surface area (Å²) in [6.07, 6.45) is 0. The standard InChI is InChI=1S/C23H22Cl2N2O4S/c1-23(2,27-21(28)19-10-11-20(25)32-19)22(29)26-13-14-4-6-15(7-5-14)31-18-9-8-16(30-3)12-17(18)24/h4-12H,13H2,1-3H3,(H,26,29)(H,27,28). The van der Waals surface area contributed by atoms with Crippen molar-refractivity contribution in [1.82, 2.24) is 10.6 Å². The summed E-state index contributed by atoms with van der Waals surface area (Å²) in [6.45, 7) is 3.59. The van der Waals surface area contributed by atoms with Gasteiger partial charge in [-0.3, -0.25) is 9.59 Å². The molecule has 3 rings (SSSR count). The summed E-state index contributed by atoms with van der Waals surface area (Å²) < 4.78 is 11.4.